The first-order chi connectivity index (χ1) is 10.1. The fraction of sp³-hybridized carbons (Fsp3) is 0.500. The average molecular weight is 306 g/mol. The van der Waals surface area contributed by atoms with Gasteiger partial charge in [-0.3, -0.25) is 5.32 Å². The lowest BCUT2D eigenvalue weighted by molar-refractivity contribution is 0.250. The molecule has 0 aromatic carbocycles. The summed E-state index contributed by atoms with van der Waals surface area (Å²) in [5.74, 6) is 0.768. The van der Waals surface area contributed by atoms with Gasteiger partial charge < -0.3 is 9.84 Å². The van der Waals surface area contributed by atoms with Crippen LogP contribution in [0.15, 0.2) is 10.8 Å². The lowest BCUT2D eigenvalue weighted by atomic mass is 9.91. The van der Waals surface area contributed by atoms with E-state index in [1.165, 1.54) is 16.8 Å². The van der Waals surface area contributed by atoms with Gasteiger partial charge in [0.1, 0.15) is 6.26 Å². The molecule has 2 aromatic heterocycles. The topological polar surface area (TPSA) is 80.0 Å². The summed E-state index contributed by atoms with van der Waals surface area (Å²) in [5.41, 5.74) is 1.97. The largest absolute Gasteiger partial charge is 0.362 e. The molecule has 3 rings (SSSR count). The van der Waals surface area contributed by atoms with E-state index in [4.69, 9.17) is 4.52 Å². The first kappa shape index (κ1) is 14.1. The number of aromatic nitrogens is 2. The molecular weight excluding hydrogens is 288 g/mol. The third-order valence-electron chi connectivity index (χ3n) is 3.67. The molecule has 0 unspecified atom stereocenters. The Labute approximate surface area is 126 Å². The standard InChI is InChI=1S/C14H18N4O2S/c1-8-7-20-18-13(8)17-14(19)15-6-10-4-3-5-11-12(10)16-9(2)21-11/h7,10H,3-6H2,1-2H3,(H2,15,17,18,19)/t10-/m1/s1. The molecule has 1 aliphatic carbocycles. The third-order valence-corrected chi connectivity index (χ3v) is 4.71. The number of nitrogens with zero attached hydrogens (tertiary/aromatic N) is 2. The van der Waals surface area contributed by atoms with Crippen molar-refractivity contribution >= 4 is 23.2 Å². The van der Waals surface area contributed by atoms with Crippen molar-refractivity contribution in [1.29, 1.82) is 0 Å². The lowest BCUT2D eigenvalue weighted by Crippen LogP contribution is -2.33. The van der Waals surface area contributed by atoms with Gasteiger partial charge >= 0.3 is 6.03 Å². The number of thiazole rings is 1. The van der Waals surface area contributed by atoms with Gasteiger partial charge in [-0.1, -0.05) is 5.16 Å². The number of hydrogen-bond donors (Lipinski definition) is 2. The van der Waals surface area contributed by atoms with Crippen LogP contribution in [0.4, 0.5) is 10.6 Å². The molecule has 0 spiro atoms. The fourth-order valence-corrected chi connectivity index (χ4v) is 3.67. The van der Waals surface area contributed by atoms with Crippen molar-refractivity contribution in [2.24, 2.45) is 0 Å². The zero-order chi connectivity index (χ0) is 14.8. The van der Waals surface area contributed by atoms with E-state index in [1.54, 1.807) is 11.3 Å². The molecular formula is C14H18N4O2S. The molecule has 7 heteroatoms. The number of carbonyl (C=O) groups excluding carboxylic acids is 1. The summed E-state index contributed by atoms with van der Waals surface area (Å²) in [6.07, 6.45) is 4.84. The van der Waals surface area contributed by atoms with Crippen molar-refractivity contribution in [3.8, 4) is 0 Å². The molecule has 0 fully saturated rings. The highest BCUT2D eigenvalue weighted by Gasteiger charge is 2.24. The first-order valence-corrected chi connectivity index (χ1v) is 7.87. The monoisotopic (exact) mass is 306 g/mol. The van der Waals surface area contributed by atoms with Crippen molar-refractivity contribution in [2.75, 3.05) is 11.9 Å². The molecule has 2 heterocycles. The zero-order valence-corrected chi connectivity index (χ0v) is 12.9. The number of rotatable bonds is 3. The van der Waals surface area contributed by atoms with E-state index >= 15 is 0 Å². The summed E-state index contributed by atoms with van der Waals surface area (Å²) in [5, 5.41) is 10.4. The minimum absolute atomic E-state index is 0.258. The van der Waals surface area contributed by atoms with Crippen molar-refractivity contribution in [2.45, 2.75) is 39.0 Å². The minimum atomic E-state index is -0.258. The van der Waals surface area contributed by atoms with Gasteiger partial charge in [-0.2, -0.15) is 0 Å². The van der Waals surface area contributed by atoms with Crippen LogP contribution in [-0.2, 0) is 6.42 Å². The summed E-state index contributed by atoms with van der Waals surface area (Å²) in [4.78, 5) is 17.9. The number of carbonyl (C=O) groups is 1. The Morgan fingerprint density at radius 1 is 1.52 bits per heavy atom. The van der Waals surface area contributed by atoms with Crippen molar-refractivity contribution in [3.05, 3.63) is 27.4 Å². The summed E-state index contributed by atoms with van der Waals surface area (Å²) < 4.78 is 4.79. The number of amides is 2. The van der Waals surface area contributed by atoms with Gasteiger partial charge in [0.05, 0.1) is 10.7 Å². The third kappa shape index (κ3) is 3.07. The van der Waals surface area contributed by atoms with E-state index in [2.05, 4.69) is 20.8 Å². The number of fused-ring (bicyclic) bond motifs is 1. The maximum atomic E-state index is 11.9. The van der Waals surface area contributed by atoms with Gasteiger partial charge in [-0.25, -0.2) is 9.78 Å². The van der Waals surface area contributed by atoms with Gasteiger partial charge in [0.15, 0.2) is 5.82 Å². The molecule has 0 saturated heterocycles. The van der Waals surface area contributed by atoms with Crippen LogP contribution in [0.25, 0.3) is 0 Å². The van der Waals surface area contributed by atoms with Crippen LogP contribution in [-0.4, -0.2) is 22.7 Å². The molecule has 1 aliphatic rings. The van der Waals surface area contributed by atoms with Crippen LogP contribution >= 0.6 is 11.3 Å². The molecule has 6 nitrogen and oxygen atoms in total. The Bertz CT molecular complexity index is 649. The van der Waals surface area contributed by atoms with E-state index in [0.717, 1.165) is 29.8 Å². The second kappa shape index (κ2) is 5.85. The lowest BCUT2D eigenvalue weighted by Gasteiger charge is -2.21. The zero-order valence-electron chi connectivity index (χ0n) is 12.1. The first-order valence-electron chi connectivity index (χ1n) is 7.05. The van der Waals surface area contributed by atoms with E-state index < -0.39 is 0 Å². The highest BCUT2D eigenvalue weighted by Crippen LogP contribution is 2.34. The number of hydrogen-bond acceptors (Lipinski definition) is 5. The van der Waals surface area contributed by atoms with Crippen molar-refractivity contribution < 1.29 is 9.32 Å². The Kier molecular flexibility index (Phi) is 3.92. The molecule has 0 saturated carbocycles. The summed E-state index contributed by atoms with van der Waals surface area (Å²) in [6.45, 7) is 4.46. The predicted molar refractivity (Wildman–Crippen MR) is 80.8 cm³/mol. The summed E-state index contributed by atoms with van der Waals surface area (Å²) in [6, 6.07) is -0.258. The normalized spacial score (nSPS) is 17.3. The van der Waals surface area contributed by atoms with Crippen LogP contribution in [0.1, 0.15) is 39.9 Å². The number of anilines is 1. The Morgan fingerprint density at radius 3 is 3.14 bits per heavy atom. The van der Waals surface area contributed by atoms with Crippen molar-refractivity contribution in [3.63, 3.8) is 0 Å². The van der Waals surface area contributed by atoms with Gasteiger partial charge in [0.25, 0.3) is 0 Å². The highest BCUT2D eigenvalue weighted by atomic mass is 32.1. The smallest absolute Gasteiger partial charge is 0.320 e. The number of nitrogens with one attached hydrogen (secondary N) is 2. The van der Waals surface area contributed by atoms with Crippen LogP contribution in [0, 0.1) is 13.8 Å². The predicted octanol–water partition coefficient (Wildman–Crippen LogP) is 2.99. The van der Waals surface area contributed by atoms with Crippen LogP contribution in [0.5, 0.6) is 0 Å². The van der Waals surface area contributed by atoms with E-state index in [9.17, 15) is 4.79 Å². The van der Waals surface area contributed by atoms with Gasteiger partial charge in [-0.15, -0.1) is 11.3 Å². The maximum absolute atomic E-state index is 11.9. The fourth-order valence-electron chi connectivity index (χ4n) is 2.60. The molecule has 112 valence electrons. The Morgan fingerprint density at radius 2 is 2.38 bits per heavy atom. The number of aryl methyl sites for hydroxylation is 3. The average Bonchev–Trinajstić information content (AvgIpc) is 3.02. The van der Waals surface area contributed by atoms with Gasteiger partial charge in [-0.05, 0) is 33.1 Å². The SMILES string of the molecule is Cc1nc2c(s1)CCC[C@@H]2CNC(=O)Nc1nocc1C. The molecule has 2 amide bonds. The molecule has 0 radical (unpaired) electrons. The van der Waals surface area contributed by atoms with Crippen LogP contribution in [0.3, 0.4) is 0 Å². The molecule has 2 N–H and O–H groups in total. The molecule has 0 aliphatic heterocycles. The molecule has 0 bridgehead atoms. The highest BCUT2D eigenvalue weighted by molar-refractivity contribution is 7.11. The Hall–Kier alpha value is -1.89. The molecule has 21 heavy (non-hydrogen) atoms. The Balaban J connectivity index is 1.58. The maximum Gasteiger partial charge on any atom is 0.320 e. The molecule has 1 atom stereocenters. The van der Waals surface area contributed by atoms with Crippen LogP contribution < -0.4 is 10.6 Å². The second-order valence-electron chi connectivity index (χ2n) is 5.31. The molecule has 2 aromatic rings. The van der Waals surface area contributed by atoms with Crippen LogP contribution in [0.2, 0.25) is 0 Å². The van der Waals surface area contributed by atoms with E-state index in [1.807, 2.05) is 13.8 Å². The number of urea groups is 1. The van der Waals surface area contributed by atoms with E-state index in [-0.39, 0.29) is 6.03 Å². The quantitative estimate of drug-likeness (QED) is 0.913. The van der Waals surface area contributed by atoms with Gasteiger partial charge in [0, 0.05) is 22.9 Å². The van der Waals surface area contributed by atoms with Gasteiger partial charge in [0.2, 0.25) is 0 Å². The second-order valence-corrected chi connectivity index (χ2v) is 6.60. The van der Waals surface area contributed by atoms with Crippen molar-refractivity contribution in [1.82, 2.24) is 15.5 Å². The summed E-state index contributed by atoms with van der Waals surface area (Å²) in [7, 11) is 0. The van der Waals surface area contributed by atoms with E-state index in [0.29, 0.717) is 18.3 Å². The minimum Gasteiger partial charge on any atom is -0.362 e. The summed E-state index contributed by atoms with van der Waals surface area (Å²) >= 11 is 1.77.